The Morgan fingerprint density at radius 3 is 2.91 bits per heavy atom. The van der Waals surface area contributed by atoms with Crippen molar-refractivity contribution in [3.05, 3.63) is 36.2 Å². The third-order valence-corrected chi connectivity index (χ3v) is 3.16. The first-order valence-corrected chi connectivity index (χ1v) is 7.70. The Morgan fingerprint density at radius 2 is 2.26 bits per heavy atom. The zero-order chi connectivity index (χ0) is 16.7. The van der Waals surface area contributed by atoms with Crippen LogP contribution in [0.15, 0.2) is 29.0 Å². The van der Waals surface area contributed by atoms with Crippen LogP contribution in [-0.2, 0) is 17.8 Å². The summed E-state index contributed by atoms with van der Waals surface area (Å²) in [5, 5.41) is 3.93. The molecule has 2 aromatic rings. The van der Waals surface area contributed by atoms with Gasteiger partial charge in [0, 0.05) is 19.2 Å². The summed E-state index contributed by atoms with van der Waals surface area (Å²) in [7, 11) is 0. The van der Waals surface area contributed by atoms with Crippen LogP contribution >= 0.6 is 0 Å². The molecule has 0 bridgehead atoms. The molecule has 2 heterocycles. The SMILES string of the molecule is CCN(Cc1noc(CC(C)C)n1)C(=O)COc1cccnc1. The number of carbonyl (C=O) groups is 1. The number of amides is 1. The maximum Gasteiger partial charge on any atom is 0.260 e. The average Bonchev–Trinajstić information content (AvgIpc) is 2.97. The lowest BCUT2D eigenvalue weighted by Crippen LogP contribution is -2.34. The van der Waals surface area contributed by atoms with Gasteiger partial charge in [-0.25, -0.2) is 0 Å². The molecule has 2 aromatic heterocycles. The topological polar surface area (TPSA) is 81.4 Å². The van der Waals surface area contributed by atoms with Crippen molar-refractivity contribution in [3.63, 3.8) is 0 Å². The van der Waals surface area contributed by atoms with Gasteiger partial charge in [-0.15, -0.1) is 0 Å². The number of likely N-dealkylation sites (N-methyl/N-ethyl adjacent to an activating group) is 1. The van der Waals surface area contributed by atoms with Gasteiger partial charge in [-0.2, -0.15) is 4.98 Å². The minimum Gasteiger partial charge on any atom is -0.482 e. The summed E-state index contributed by atoms with van der Waals surface area (Å²) in [6.45, 7) is 6.88. The minimum absolute atomic E-state index is 0.0454. The molecule has 7 nitrogen and oxygen atoms in total. The van der Waals surface area contributed by atoms with Crippen LogP contribution in [0.1, 0.15) is 32.5 Å². The Hall–Kier alpha value is -2.44. The van der Waals surface area contributed by atoms with Crippen LogP contribution in [0, 0.1) is 5.92 Å². The van der Waals surface area contributed by atoms with Crippen molar-refractivity contribution < 1.29 is 14.1 Å². The van der Waals surface area contributed by atoms with Gasteiger partial charge in [-0.05, 0) is 25.0 Å². The fourth-order valence-corrected chi connectivity index (χ4v) is 2.00. The summed E-state index contributed by atoms with van der Waals surface area (Å²) in [5.41, 5.74) is 0. The molecule has 0 saturated heterocycles. The van der Waals surface area contributed by atoms with Crippen LogP contribution in [0.2, 0.25) is 0 Å². The Morgan fingerprint density at radius 1 is 1.43 bits per heavy atom. The Labute approximate surface area is 135 Å². The second-order valence-corrected chi connectivity index (χ2v) is 5.59. The van der Waals surface area contributed by atoms with Crippen LogP contribution in [0.3, 0.4) is 0 Å². The van der Waals surface area contributed by atoms with E-state index < -0.39 is 0 Å². The second kappa shape index (κ2) is 8.26. The van der Waals surface area contributed by atoms with E-state index in [0.717, 1.165) is 6.42 Å². The lowest BCUT2D eigenvalue weighted by molar-refractivity contribution is -0.133. The van der Waals surface area contributed by atoms with Crippen molar-refractivity contribution in [3.8, 4) is 5.75 Å². The van der Waals surface area contributed by atoms with Crippen LogP contribution in [0.4, 0.5) is 0 Å². The molecule has 0 atom stereocenters. The number of pyridine rings is 1. The summed E-state index contributed by atoms with van der Waals surface area (Å²) in [4.78, 5) is 22.1. The highest BCUT2D eigenvalue weighted by Gasteiger charge is 2.17. The Kier molecular flexibility index (Phi) is 6.08. The van der Waals surface area contributed by atoms with Crippen molar-refractivity contribution in [2.24, 2.45) is 5.92 Å². The van der Waals surface area contributed by atoms with Crippen molar-refractivity contribution in [2.75, 3.05) is 13.2 Å². The number of hydrogen-bond acceptors (Lipinski definition) is 6. The summed E-state index contributed by atoms with van der Waals surface area (Å²) in [6, 6.07) is 3.51. The Bertz CT molecular complexity index is 613. The highest BCUT2D eigenvalue weighted by Crippen LogP contribution is 2.09. The van der Waals surface area contributed by atoms with E-state index in [1.54, 1.807) is 29.4 Å². The molecule has 0 aliphatic heterocycles. The summed E-state index contributed by atoms with van der Waals surface area (Å²) >= 11 is 0. The largest absolute Gasteiger partial charge is 0.482 e. The maximum absolute atomic E-state index is 12.2. The monoisotopic (exact) mass is 318 g/mol. The minimum atomic E-state index is -0.133. The van der Waals surface area contributed by atoms with Crippen molar-refractivity contribution in [2.45, 2.75) is 33.7 Å². The number of ether oxygens (including phenoxy) is 1. The summed E-state index contributed by atoms with van der Waals surface area (Å²) in [6.07, 6.45) is 3.95. The van der Waals surface area contributed by atoms with E-state index in [1.165, 1.54) is 0 Å². The predicted molar refractivity (Wildman–Crippen MR) is 83.7 cm³/mol. The van der Waals surface area contributed by atoms with Crippen LogP contribution in [0.5, 0.6) is 5.75 Å². The van der Waals surface area contributed by atoms with Crippen molar-refractivity contribution >= 4 is 5.91 Å². The van der Waals surface area contributed by atoms with E-state index in [2.05, 4.69) is 29.0 Å². The zero-order valence-electron chi connectivity index (χ0n) is 13.7. The van der Waals surface area contributed by atoms with Crippen LogP contribution in [0.25, 0.3) is 0 Å². The number of carbonyl (C=O) groups excluding carboxylic acids is 1. The van der Waals surface area contributed by atoms with Gasteiger partial charge in [0.05, 0.1) is 12.7 Å². The molecule has 0 saturated carbocycles. The number of nitrogens with zero attached hydrogens (tertiary/aromatic N) is 4. The number of hydrogen-bond donors (Lipinski definition) is 0. The quantitative estimate of drug-likeness (QED) is 0.741. The highest BCUT2D eigenvalue weighted by atomic mass is 16.5. The standard InChI is InChI=1S/C16H22N4O3/c1-4-20(10-14-18-15(23-19-14)8-12(2)3)16(21)11-22-13-6-5-7-17-9-13/h5-7,9,12H,4,8,10-11H2,1-3H3. The van der Waals surface area contributed by atoms with Crippen LogP contribution < -0.4 is 4.74 Å². The molecule has 0 fully saturated rings. The van der Waals surface area contributed by atoms with Gasteiger partial charge in [-0.3, -0.25) is 9.78 Å². The summed E-state index contributed by atoms with van der Waals surface area (Å²) in [5.74, 6) is 1.99. The first-order chi connectivity index (χ1) is 11.1. The van der Waals surface area contributed by atoms with E-state index in [9.17, 15) is 4.79 Å². The van der Waals surface area contributed by atoms with Gasteiger partial charge in [0.15, 0.2) is 12.4 Å². The fraction of sp³-hybridized carbons (Fsp3) is 0.500. The number of aromatic nitrogens is 3. The first kappa shape index (κ1) is 16.9. The average molecular weight is 318 g/mol. The molecule has 2 rings (SSSR count). The molecule has 7 heteroatoms. The third-order valence-electron chi connectivity index (χ3n) is 3.16. The number of rotatable bonds is 8. The van der Waals surface area contributed by atoms with E-state index in [-0.39, 0.29) is 12.5 Å². The molecule has 23 heavy (non-hydrogen) atoms. The molecule has 0 aromatic carbocycles. The smallest absolute Gasteiger partial charge is 0.260 e. The molecule has 0 unspecified atom stereocenters. The molecule has 0 radical (unpaired) electrons. The second-order valence-electron chi connectivity index (χ2n) is 5.59. The van der Waals surface area contributed by atoms with Crippen molar-refractivity contribution in [1.29, 1.82) is 0 Å². The summed E-state index contributed by atoms with van der Waals surface area (Å²) < 4.78 is 10.6. The molecule has 124 valence electrons. The van der Waals surface area contributed by atoms with Gasteiger partial charge in [0.1, 0.15) is 5.75 Å². The lowest BCUT2D eigenvalue weighted by atomic mass is 10.1. The first-order valence-electron chi connectivity index (χ1n) is 7.70. The van der Waals surface area contributed by atoms with Gasteiger partial charge < -0.3 is 14.2 Å². The third kappa shape index (κ3) is 5.36. The van der Waals surface area contributed by atoms with Crippen molar-refractivity contribution in [1.82, 2.24) is 20.0 Å². The molecule has 0 spiro atoms. The predicted octanol–water partition coefficient (Wildman–Crippen LogP) is 2.09. The molecule has 0 aliphatic carbocycles. The molecule has 0 aliphatic rings. The van der Waals surface area contributed by atoms with E-state index in [0.29, 0.717) is 36.5 Å². The van der Waals surface area contributed by atoms with E-state index in [4.69, 9.17) is 9.26 Å². The van der Waals surface area contributed by atoms with Crippen LogP contribution in [-0.4, -0.2) is 39.1 Å². The molecule has 0 N–H and O–H groups in total. The zero-order valence-corrected chi connectivity index (χ0v) is 13.7. The molecular weight excluding hydrogens is 296 g/mol. The van der Waals surface area contributed by atoms with E-state index >= 15 is 0 Å². The normalized spacial score (nSPS) is 10.8. The van der Waals surface area contributed by atoms with Gasteiger partial charge in [-0.1, -0.05) is 19.0 Å². The lowest BCUT2D eigenvalue weighted by Gasteiger charge is -2.19. The van der Waals surface area contributed by atoms with E-state index in [1.807, 2.05) is 6.92 Å². The molecule has 1 amide bonds. The Balaban J connectivity index is 1.88. The fourth-order valence-electron chi connectivity index (χ4n) is 2.00. The van der Waals surface area contributed by atoms with Gasteiger partial charge >= 0.3 is 0 Å². The molecular formula is C16H22N4O3. The van der Waals surface area contributed by atoms with Gasteiger partial charge in [0.25, 0.3) is 5.91 Å². The highest BCUT2D eigenvalue weighted by molar-refractivity contribution is 5.77. The maximum atomic E-state index is 12.2. The van der Waals surface area contributed by atoms with Gasteiger partial charge in [0.2, 0.25) is 5.89 Å².